The summed E-state index contributed by atoms with van der Waals surface area (Å²) < 4.78 is 5.09. The summed E-state index contributed by atoms with van der Waals surface area (Å²) in [6.45, 7) is 12.3. The largest absolute Gasteiger partial charge is 0.462 e. The van der Waals surface area contributed by atoms with Crippen molar-refractivity contribution >= 4 is 5.97 Å². The lowest BCUT2D eigenvalue weighted by molar-refractivity contribution is -0.140. The molecule has 2 heteroatoms. The van der Waals surface area contributed by atoms with E-state index in [1.165, 1.54) is 0 Å². The van der Waals surface area contributed by atoms with Gasteiger partial charge in [0.25, 0.3) is 0 Å². The van der Waals surface area contributed by atoms with Crippen LogP contribution in [0.4, 0.5) is 0 Å². The Morgan fingerprint density at radius 1 is 1.29 bits per heavy atom. The Morgan fingerprint density at radius 3 is 2.29 bits per heavy atom. The molecular weight excluding hydrogens is 176 g/mol. The van der Waals surface area contributed by atoms with Gasteiger partial charge in [0.2, 0.25) is 0 Å². The molecule has 0 saturated carbocycles. The fourth-order valence-corrected chi connectivity index (χ4v) is 0.910. The zero-order chi connectivity index (χ0) is 11.2. The van der Waals surface area contributed by atoms with E-state index in [4.69, 9.17) is 4.74 Å². The standard InChI is InChI=1S/C12H22O2/c1-6-7-8-9-14-11(13)10(2)12(3,4)5/h2,6-9H2,1,3-5H3. The molecule has 0 aromatic carbocycles. The van der Waals surface area contributed by atoms with Gasteiger partial charge in [-0.3, -0.25) is 0 Å². The van der Waals surface area contributed by atoms with Crippen LogP contribution in [0.1, 0.15) is 47.0 Å². The summed E-state index contributed by atoms with van der Waals surface area (Å²) in [7, 11) is 0. The van der Waals surface area contributed by atoms with Crippen molar-refractivity contribution in [2.75, 3.05) is 6.61 Å². The smallest absolute Gasteiger partial charge is 0.333 e. The highest BCUT2D eigenvalue weighted by molar-refractivity contribution is 5.88. The lowest BCUT2D eigenvalue weighted by Gasteiger charge is -2.19. The minimum Gasteiger partial charge on any atom is -0.462 e. The van der Waals surface area contributed by atoms with Crippen LogP contribution in [0.3, 0.4) is 0 Å². The molecule has 0 N–H and O–H groups in total. The van der Waals surface area contributed by atoms with Gasteiger partial charge in [-0.2, -0.15) is 0 Å². The minimum absolute atomic E-state index is 0.193. The second-order valence-corrected chi connectivity index (χ2v) is 4.57. The van der Waals surface area contributed by atoms with Crippen LogP contribution in [0.25, 0.3) is 0 Å². The van der Waals surface area contributed by atoms with Gasteiger partial charge >= 0.3 is 5.97 Å². The Balaban J connectivity index is 3.81. The van der Waals surface area contributed by atoms with Crippen LogP contribution in [0.5, 0.6) is 0 Å². The van der Waals surface area contributed by atoms with Gasteiger partial charge in [0.05, 0.1) is 6.61 Å². The molecule has 0 atom stereocenters. The third kappa shape index (κ3) is 5.05. The van der Waals surface area contributed by atoms with Crippen LogP contribution in [-0.2, 0) is 9.53 Å². The minimum atomic E-state index is -0.256. The molecule has 0 aromatic rings. The second kappa shape index (κ2) is 5.84. The van der Waals surface area contributed by atoms with Gasteiger partial charge in [0.1, 0.15) is 0 Å². The first-order chi connectivity index (χ1) is 6.39. The number of rotatable bonds is 5. The summed E-state index contributed by atoms with van der Waals surface area (Å²) in [5, 5.41) is 0. The molecule has 2 nitrogen and oxygen atoms in total. The van der Waals surface area contributed by atoms with E-state index in [2.05, 4.69) is 13.5 Å². The third-order valence-electron chi connectivity index (χ3n) is 2.13. The Hall–Kier alpha value is -0.790. The van der Waals surface area contributed by atoms with E-state index in [9.17, 15) is 4.79 Å². The highest BCUT2D eigenvalue weighted by atomic mass is 16.5. The fraction of sp³-hybridized carbons (Fsp3) is 0.750. The first kappa shape index (κ1) is 13.2. The number of carbonyl (C=O) groups is 1. The van der Waals surface area contributed by atoms with E-state index in [1.807, 2.05) is 20.8 Å². The van der Waals surface area contributed by atoms with E-state index in [0.29, 0.717) is 12.2 Å². The normalized spacial score (nSPS) is 11.1. The molecule has 0 aliphatic rings. The molecule has 0 aliphatic carbocycles. The van der Waals surface area contributed by atoms with E-state index in [1.54, 1.807) is 0 Å². The van der Waals surface area contributed by atoms with Gasteiger partial charge in [0, 0.05) is 5.57 Å². The average Bonchev–Trinajstić information content (AvgIpc) is 2.09. The summed E-state index contributed by atoms with van der Waals surface area (Å²) >= 11 is 0. The highest BCUT2D eigenvalue weighted by Gasteiger charge is 2.22. The summed E-state index contributed by atoms with van der Waals surface area (Å²) in [6.07, 6.45) is 3.19. The maximum absolute atomic E-state index is 11.4. The summed E-state index contributed by atoms with van der Waals surface area (Å²) in [4.78, 5) is 11.4. The van der Waals surface area contributed by atoms with Crippen molar-refractivity contribution in [2.24, 2.45) is 5.41 Å². The first-order valence-electron chi connectivity index (χ1n) is 5.26. The third-order valence-corrected chi connectivity index (χ3v) is 2.13. The summed E-state index contributed by atoms with van der Waals surface area (Å²) in [5.41, 5.74) is 0.357. The Kier molecular flexibility index (Phi) is 5.51. The monoisotopic (exact) mass is 198 g/mol. The van der Waals surface area contributed by atoms with E-state index < -0.39 is 0 Å². The maximum Gasteiger partial charge on any atom is 0.333 e. The Labute approximate surface area is 87.3 Å². The molecule has 0 unspecified atom stereocenters. The van der Waals surface area contributed by atoms with Gasteiger partial charge in [0.15, 0.2) is 0 Å². The quantitative estimate of drug-likeness (QED) is 0.385. The number of hydrogen-bond donors (Lipinski definition) is 0. The predicted molar refractivity (Wildman–Crippen MR) is 59.1 cm³/mol. The molecule has 0 bridgehead atoms. The van der Waals surface area contributed by atoms with Gasteiger partial charge < -0.3 is 4.74 Å². The molecule has 0 fully saturated rings. The summed E-state index contributed by atoms with van der Waals surface area (Å²) in [6, 6.07) is 0. The van der Waals surface area contributed by atoms with Crippen molar-refractivity contribution in [1.82, 2.24) is 0 Å². The Bertz CT molecular complexity index is 199. The number of carbonyl (C=O) groups excluding carboxylic acids is 1. The van der Waals surface area contributed by atoms with Crippen LogP contribution in [-0.4, -0.2) is 12.6 Å². The van der Waals surface area contributed by atoms with Crippen molar-refractivity contribution in [3.63, 3.8) is 0 Å². The fourth-order valence-electron chi connectivity index (χ4n) is 0.910. The highest BCUT2D eigenvalue weighted by Crippen LogP contribution is 2.24. The molecule has 0 aromatic heterocycles. The van der Waals surface area contributed by atoms with Gasteiger partial charge in [-0.15, -0.1) is 0 Å². The molecule has 0 spiro atoms. The van der Waals surface area contributed by atoms with Crippen molar-refractivity contribution in [3.8, 4) is 0 Å². The van der Waals surface area contributed by atoms with Crippen LogP contribution in [0, 0.1) is 5.41 Å². The SMILES string of the molecule is C=C(C(=O)OCCCCC)C(C)(C)C. The lowest BCUT2D eigenvalue weighted by atomic mass is 9.88. The number of unbranched alkanes of at least 4 members (excludes halogenated alkanes) is 2. The van der Waals surface area contributed by atoms with Gasteiger partial charge in [-0.25, -0.2) is 4.79 Å². The molecular formula is C12H22O2. The first-order valence-corrected chi connectivity index (χ1v) is 5.26. The molecule has 0 heterocycles. The molecule has 0 aliphatic heterocycles. The molecule has 82 valence electrons. The van der Waals surface area contributed by atoms with Gasteiger partial charge in [-0.05, 0) is 11.8 Å². The van der Waals surface area contributed by atoms with Gasteiger partial charge in [-0.1, -0.05) is 47.1 Å². The molecule has 14 heavy (non-hydrogen) atoms. The van der Waals surface area contributed by atoms with E-state index >= 15 is 0 Å². The summed E-state index contributed by atoms with van der Waals surface area (Å²) in [5.74, 6) is -0.256. The van der Waals surface area contributed by atoms with Crippen molar-refractivity contribution in [3.05, 3.63) is 12.2 Å². The van der Waals surface area contributed by atoms with Crippen LogP contribution < -0.4 is 0 Å². The number of ether oxygens (including phenoxy) is 1. The Morgan fingerprint density at radius 2 is 1.86 bits per heavy atom. The molecule has 0 radical (unpaired) electrons. The molecule has 0 amide bonds. The van der Waals surface area contributed by atoms with E-state index in [-0.39, 0.29) is 11.4 Å². The predicted octanol–water partition coefficient (Wildman–Crippen LogP) is 3.32. The zero-order valence-electron chi connectivity index (χ0n) is 9.85. The van der Waals surface area contributed by atoms with Crippen LogP contribution in [0.15, 0.2) is 12.2 Å². The van der Waals surface area contributed by atoms with Crippen molar-refractivity contribution in [2.45, 2.75) is 47.0 Å². The molecule has 0 rings (SSSR count). The maximum atomic E-state index is 11.4. The topological polar surface area (TPSA) is 26.3 Å². The van der Waals surface area contributed by atoms with Crippen LogP contribution in [0.2, 0.25) is 0 Å². The second-order valence-electron chi connectivity index (χ2n) is 4.57. The zero-order valence-corrected chi connectivity index (χ0v) is 9.85. The van der Waals surface area contributed by atoms with Crippen molar-refractivity contribution < 1.29 is 9.53 Å². The van der Waals surface area contributed by atoms with Crippen molar-refractivity contribution in [1.29, 1.82) is 0 Å². The number of esters is 1. The average molecular weight is 198 g/mol. The number of hydrogen-bond acceptors (Lipinski definition) is 2. The lowest BCUT2D eigenvalue weighted by Crippen LogP contribution is -2.19. The molecule has 0 saturated heterocycles. The van der Waals surface area contributed by atoms with Crippen LogP contribution >= 0.6 is 0 Å². The van der Waals surface area contributed by atoms with E-state index in [0.717, 1.165) is 19.3 Å².